The molecule has 0 aliphatic carbocycles. The van der Waals surface area contributed by atoms with Crippen LogP contribution in [0.25, 0.3) is 11.1 Å². The van der Waals surface area contributed by atoms with Gasteiger partial charge in [-0.1, -0.05) is 0 Å². The molecule has 182 valence electrons. The third-order valence-electron chi connectivity index (χ3n) is 7.65. The highest BCUT2D eigenvalue weighted by Crippen LogP contribution is 2.44. The van der Waals surface area contributed by atoms with Crippen molar-refractivity contribution in [3.63, 3.8) is 0 Å². The van der Waals surface area contributed by atoms with Crippen molar-refractivity contribution in [1.29, 1.82) is 0 Å². The van der Waals surface area contributed by atoms with E-state index in [4.69, 9.17) is 14.5 Å². The molecule has 0 spiro atoms. The number of pyridine rings is 2. The van der Waals surface area contributed by atoms with Crippen LogP contribution in [0, 0.1) is 0 Å². The van der Waals surface area contributed by atoms with E-state index < -0.39 is 0 Å². The number of nitrogens with zero attached hydrogens (tertiary/aromatic N) is 4. The lowest BCUT2D eigenvalue weighted by Gasteiger charge is -2.31. The van der Waals surface area contributed by atoms with Crippen molar-refractivity contribution in [3.05, 3.63) is 59.5 Å². The van der Waals surface area contributed by atoms with Gasteiger partial charge in [0.15, 0.2) is 0 Å². The number of anilines is 2. The van der Waals surface area contributed by atoms with Gasteiger partial charge in [-0.3, -0.25) is 14.6 Å². The zero-order valence-corrected chi connectivity index (χ0v) is 20.1. The zero-order valence-electron chi connectivity index (χ0n) is 20.1. The molecule has 0 N–H and O–H groups in total. The number of hydrogen-bond donors (Lipinski definition) is 0. The lowest BCUT2D eigenvalue weighted by atomic mass is 9.93. The topological polar surface area (TPSA) is 84.9 Å². The molecule has 4 aliphatic rings. The molecule has 3 aromatic rings. The van der Waals surface area contributed by atoms with Crippen LogP contribution in [0.5, 0.6) is 11.6 Å². The smallest absolute Gasteiger partial charge is 0.238 e. The predicted octanol–water partition coefficient (Wildman–Crippen LogP) is 4.20. The summed E-state index contributed by atoms with van der Waals surface area (Å²) in [6, 6.07) is 10.2. The second-order valence-corrected chi connectivity index (χ2v) is 9.96. The predicted molar refractivity (Wildman–Crippen MR) is 133 cm³/mol. The molecule has 2 saturated heterocycles. The maximum atomic E-state index is 12.4. The highest BCUT2D eigenvalue weighted by atomic mass is 16.5. The standard InChI is InChI=1S/C28H26N4O4/c1-16-22-11-18(9-17-10-24-28(30-13-17)35-15-20-5-7-27(34)32(20)24)29-14-23(22)21-6-4-19(12-25(21)36-16)31-8-2-3-26(31)33/h4,6,10-14,16,20H,2-3,5,7-9,15H2,1H3/t16-,20-/m0/s1. The minimum absolute atomic E-state index is 0.103. The number of amides is 2. The minimum Gasteiger partial charge on any atom is -0.485 e. The summed E-state index contributed by atoms with van der Waals surface area (Å²) in [5.41, 5.74) is 6.67. The number of fused-ring (bicyclic) bond motifs is 6. The minimum atomic E-state index is -0.142. The molecule has 4 aliphatic heterocycles. The summed E-state index contributed by atoms with van der Waals surface area (Å²) in [5, 5.41) is 0. The van der Waals surface area contributed by atoms with E-state index in [1.54, 1.807) is 6.20 Å². The number of ether oxygens (including phenoxy) is 2. The molecule has 2 aromatic heterocycles. The Kier molecular flexibility index (Phi) is 4.77. The summed E-state index contributed by atoms with van der Waals surface area (Å²) in [7, 11) is 0. The van der Waals surface area contributed by atoms with Gasteiger partial charge in [0, 0.05) is 72.3 Å². The highest BCUT2D eigenvalue weighted by Gasteiger charge is 2.38. The van der Waals surface area contributed by atoms with Crippen molar-refractivity contribution in [1.82, 2.24) is 9.97 Å². The molecule has 0 unspecified atom stereocenters. The van der Waals surface area contributed by atoms with Crippen LogP contribution in [-0.4, -0.2) is 41.0 Å². The summed E-state index contributed by atoms with van der Waals surface area (Å²) in [6.07, 6.45) is 7.04. The molecule has 2 amide bonds. The van der Waals surface area contributed by atoms with Crippen LogP contribution in [-0.2, 0) is 16.0 Å². The molecule has 8 heteroatoms. The van der Waals surface area contributed by atoms with Crippen LogP contribution in [0.15, 0.2) is 42.7 Å². The van der Waals surface area contributed by atoms with Gasteiger partial charge in [-0.05, 0) is 49.6 Å². The van der Waals surface area contributed by atoms with Crippen LogP contribution < -0.4 is 19.3 Å². The van der Waals surface area contributed by atoms with E-state index in [2.05, 4.69) is 11.1 Å². The number of hydrogen-bond acceptors (Lipinski definition) is 6. The normalized spacial score (nSPS) is 21.9. The van der Waals surface area contributed by atoms with Gasteiger partial charge in [0.1, 0.15) is 24.1 Å². The summed E-state index contributed by atoms with van der Waals surface area (Å²) in [5.74, 6) is 1.61. The van der Waals surface area contributed by atoms with Gasteiger partial charge in [-0.2, -0.15) is 0 Å². The van der Waals surface area contributed by atoms with Gasteiger partial charge >= 0.3 is 0 Å². The molecule has 6 heterocycles. The molecule has 2 atom stereocenters. The van der Waals surface area contributed by atoms with E-state index in [0.29, 0.717) is 31.7 Å². The first-order valence-corrected chi connectivity index (χ1v) is 12.6. The van der Waals surface area contributed by atoms with E-state index in [1.807, 2.05) is 47.2 Å². The molecule has 1 aromatic carbocycles. The summed E-state index contributed by atoms with van der Waals surface area (Å²) in [6.45, 7) is 3.30. The summed E-state index contributed by atoms with van der Waals surface area (Å²) < 4.78 is 12.1. The molecule has 0 bridgehead atoms. The molecule has 7 rings (SSSR count). The lowest BCUT2D eigenvalue weighted by molar-refractivity contribution is -0.118. The SMILES string of the molecule is C[C@@H]1Oc2cc(N3CCCC3=O)ccc2-c2cnc(Cc3cnc4c(c3)N3C(=O)CC[C@H]3CO4)cc21. The number of benzene rings is 1. The molecule has 0 saturated carbocycles. The first-order valence-electron chi connectivity index (χ1n) is 12.6. The quantitative estimate of drug-likeness (QED) is 0.556. The molecule has 36 heavy (non-hydrogen) atoms. The highest BCUT2D eigenvalue weighted by molar-refractivity contribution is 5.98. The van der Waals surface area contributed by atoms with E-state index in [0.717, 1.165) is 64.5 Å². The molecular weight excluding hydrogens is 456 g/mol. The number of rotatable bonds is 3. The van der Waals surface area contributed by atoms with Gasteiger partial charge in [-0.15, -0.1) is 0 Å². The largest absolute Gasteiger partial charge is 0.485 e. The Bertz CT molecular complexity index is 1420. The fraction of sp³-hybridized carbons (Fsp3) is 0.357. The fourth-order valence-corrected chi connectivity index (χ4v) is 5.83. The number of aromatic nitrogens is 2. The second kappa shape index (κ2) is 8.05. The van der Waals surface area contributed by atoms with Gasteiger partial charge in [0.2, 0.25) is 17.7 Å². The Hall–Kier alpha value is -3.94. The van der Waals surface area contributed by atoms with Gasteiger partial charge in [0.05, 0.1) is 6.04 Å². The van der Waals surface area contributed by atoms with Crippen molar-refractivity contribution in [2.75, 3.05) is 23.0 Å². The van der Waals surface area contributed by atoms with E-state index in [1.165, 1.54) is 0 Å². The first kappa shape index (κ1) is 21.4. The molecule has 8 nitrogen and oxygen atoms in total. The molecular formula is C28H26N4O4. The van der Waals surface area contributed by atoms with Crippen LogP contribution >= 0.6 is 0 Å². The second-order valence-electron chi connectivity index (χ2n) is 9.96. The molecule has 0 radical (unpaired) electrons. The Morgan fingerprint density at radius 3 is 2.81 bits per heavy atom. The van der Waals surface area contributed by atoms with Crippen molar-refractivity contribution >= 4 is 23.2 Å². The van der Waals surface area contributed by atoms with E-state index >= 15 is 0 Å². The van der Waals surface area contributed by atoms with E-state index in [9.17, 15) is 9.59 Å². The number of carbonyl (C=O) groups is 2. The summed E-state index contributed by atoms with van der Waals surface area (Å²) in [4.78, 5) is 37.6. The van der Waals surface area contributed by atoms with E-state index in [-0.39, 0.29) is 24.0 Å². The van der Waals surface area contributed by atoms with Crippen LogP contribution in [0.1, 0.15) is 55.5 Å². The lowest BCUT2D eigenvalue weighted by Crippen LogP contribution is -2.40. The Morgan fingerprint density at radius 2 is 1.94 bits per heavy atom. The van der Waals surface area contributed by atoms with Crippen molar-refractivity contribution in [3.8, 4) is 22.8 Å². The maximum Gasteiger partial charge on any atom is 0.238 e. The van der Waals surface area contributed by atoms with Crippen molar-refractivity contribution < 1.29 is 19.1 Å². The van der Waals surface area contributed by atoms with Crippen molar-refractivity contribution in [2.24, 2.45) is 0 Å². The third-order valence-corrected chi connectivity index (χ3v) is 7.65. The van der Waals surface area contributed by atoms with Gasteiger partial charge < -0.3 is 19.3 Å². The maximum absolute atomic E-state index is 12.4. The monoisotopic (exact) mass is 482 g/mol. The summed E-state index contributed by atoms with van der Waals surface area (Å²) >= 11 is 0. The first-order chi connectivity index (χ1) is 17.5. The van der Waals surface area contributed by atoms with Gasteiger partial charge in [-0.25, -0.2) is 4.98 Å². The van der Waals surface area contributed by atoms with Gasteiger partial charge in [0.25, 0.3) is 0 Å². The fourth-order valence-electron chi connectivity index (χ4n) is 5.83. The average Bonchev–Trinajstić information content (AvgIpc) is 3.49. The van der Waals surface area contributed by atoms with Crippen LogP contribution in [0.2, 0.25) is 0 Å². The van der Waals surface area contributed by atoms with Crippen molar-refractivity contribution in [2.45, 2.75) is 51.2 Å². The average molecular weight is 483 g/mol. The van der Waals surface area contributed by atoms with Crippen LogP contribution in [0.3, 0.4) is 0 Å². The number of carbonyl (C=O) groups excluding carboxylic acids is 2. The molecule has 2 fully saturated rings. The Labute approximate surface area is 208 Å². The Balaban J connectivity index is 1.18. The van der Waals surface area contributed by atoms with Crippen LogP contribution in [0.4, 0.5) is 11.4 Å². The third kappa shape index (κ3) is 3.35. The zero-order chi connectivity index (χ0) is 24.4. The Morgan fingerprint density at radius 1 is 1.03 bits per heavy atom.